The number of aryl methyl sites for hydroxylation is 1. The van der Waals surface area contributed by atoms with Crippen molar-refractivity contribution in [1.82, 2.24) is 19.9 Å². The van der Waals surface area contributed by atoms with Gasteiger partial charge in [-0.25, -0.2) is 0 Å². The third-order valence-corrected chi connectivity index (χ3v) is 4.16. The van der Waals surface area contributed by atoms with Crippen LogP contribution < -0.4 is 5.73 Å². The van der Waals surface area contributed by atoms with Crippen molar-refractivity contribution in [2.75, 3.05) is 26.2 Å². The number of aromatic nitrogens is 2. The third-order valence-electron chi connectivity index (χ3n) is 4.16. The summed E-state index contributed by atoms with van der Waals surface area (Å²) in [5.74, 6) is 1.57. The molecular weight excluding hydrogens is 306 g/mol. The maximum atomic E-state index is 12.3. The maximum absolute atomic E-state index is 12.3. The number of rotatable bonds is 5. The van der Waals surface area contributed by atoms with Crippen molar-refractivity contribution in [3.63, 3.8) is 0 Å². The van der Waals surface area contributed by atoms with Crippen molar-refractivity contribution >= 4 is 18.3 Å². The number of halogens is 1. The van der Waals surface area contributed by atoms with Gasteiger partial charge in [-0.05, 0) is 5.92 Å². The Morgan fingerprint density at radius 2 is 2.00 bits per heavy atom. The minimum absolute atomic E-state index is 0. The Balaban J connectivity index is 0.00000242. The normalized spacial score (nSPS) is 18.6. The SMILES string of the molecule is CCC(C)C(N)C(=O)N1CCN(Cc2noc(C)n2)CC1.Cl. The molecule has 2 N–H and O–H groups in total. The Morgan fingerprint density at radius 1 is 1.36 bits per heavy atom. The van der Waals surface area contributed by atoms with Crippen molar-refractivity contribution < 1.29 is 9.32 Å². The third kappa shape index (κ3) is 4.66. The Kier molecular flexibility index (Phi) is 7.25. The molecule has 7 nitrogen and oxygen atoms in total. The second-order valence-corrected chi connectivity index (χ2v) is 5.74. The van der Waals surface area contributed by atoms with E-state index in [1.54, 1.807) is 6.92 Å². The van der Waals surface area contributed by atoms with Crippen molar-refractivity contribution in [2.24, 2.45) is 11.7 Å². The number of carbonyl (C=O) groups excluding carboxylic acids is 1. The van der Waals surface area contributed by atoms with Crippen LogP contribution in [0.2, 0.25) is 0 Å². The van der Waals surface area contributed by atoms with Crippen LogP contribution in [0.5, 0.6) is 0 Å². The second kappa shape index (κ2) is 8.45. The summed E-state index contributed by atoms with van der Waals surface area (Å²) in [5, 5.41) is 3.90. The molecule has 0 radical (unpaired) electrons. The average Bonchev–Trinajstić information content (AvgIpc) is 2.90. The van der Waals surface area contributed by atoms with Crippen molar-refractivity contribution in [3.05, 3.63) is 11.7 Å². The number of hydrogen-bond donors (Lipinski definition) is 1. The van der Waals surface area contributed by atoms with E-state index in [0.717, 1.165) is 19.5 Å². The lowest BCUT2D eigenvalue weighted by atomic mass is 9.98. The predicted octanol–water partition coefficient (Wildman–Crippen LogP) is 0.817. The van der Waals surface area contributed by atoms with Crippen LogP contribution in [-0.2, 0) is 11.3 Å². The summed E-state index contributed by atoms with van der Waals surface area (Å²) < 4.78 is 4.97. The molecule has 2 rings (SSSR count). The largest absolute Gasteiger partial charge is 0.340 e. The highest BCUT2D eigenvalue weighted by molar-refractivity contribution is 5.85. The summed E-state index contributed by atoms with van der Waals surface area (Å²) >= 11 is 0. The van der Waals surface area contributed by atoms with Gasteiger partial charge in [-0.3, -0.25) is 9.69 Å². The zero-order valence-corrected chi connectivity index (χ0v) is 14.3. The lowest BCUT2D eigenvalue weighted by Crippen LogP contribution is -2.54. The van der Waals surface area contributed by atoms with Crippen molar-refractivity contribution in [2.45, 2.75) is 39.8 Å². The molecule has 0 saturated carbocycles. The molecule has 1 aromatic rings. The molecule has 1 aliphatic heterocycles. The van der Waals surface area contributed by atoms with Crippen LogP contribution >= 0.6 is 12.4 Å². The van der Waals surface area contributed by atoms with E-state index in [1.807, 2.05) is 11.8 Å². The molecule has 0 aliphatic carbocycles. The Hall–Kier alpha value is -1.18. The molecular formula is C14H26ClN5O2. The lowest BCUT2D eigenvalue weighted by Gasteiger charge is -2.36. The van der Waals surface area contributed by atoms with E-state index in [1.165, 1.54) is 0 Å². The highest BCUT2D eigenvalue weighted by Crippen LogP contribution is 2.12. The van der Waals surface area contributed by atoms with Gasteiger partial charge in [0.2, 0.25) is 11.8 Å². The monoisotopic (exact) mass is 331 g/mol. The van der Waals surface area contributed by atoms with E-state index in [9.17, 15) is 4.79 Å². The first-order valence-electron chi connectivity index (χ1n) is 7.57. The fourth-order valence-electron chi connectivity index (χ4n) is 2.44. The number of amides is 1. The molecule has 22 heavy (non-hydrogen) atoms. The molecule has 1 amide bonds. The van der Waals surface area contributed by atoms with Crippen LogP contribution in [-0.4, -0.2) is 58.1 Å². The highest BCUT2D eigenvalue weighted by atomic mass is 35.5. The van der Waals surface area contributed by atoms with Gasteiger partial charge < -0.3 is 15.2 Å². The Bertz CT molecular complexity index is 474. The quantitative estimate of drug-likeness (QED) is 0.859. The maximum Gasteiger partial charge on any atom is 0.239 e. The lowest BCUT2D eigenvalue weighted by molar-refractivity contribution is -0.135. The first-order chi connectivity index (χ1) is 10.0. The van der Waals surface area contributed by atoms with Gasteiger partial charge in [-0.2, -0.15) is 4.98 Å². The molecule has 1 aliphatic rings. The van der Waals surface area contributed by atoms with Gasteiger partial charge in [0, 0.05) is 33.1 Å². The van der Waals surface area contributed by atoms with Gasteiger partial charge in [0.15, 0.2) is 5.82 Å². The molecule has 2 heterocycles. The van der Waals surface area contributed by atoms with Crippen LogP contribution in [0.1, 0.15) is 32.0 Å². The fourth-order valence-corrected chi connectivity index (χ4v) is 2.44. The minimum Gasteiger partial charge on any atom is -0.340 e. The summed E-state index contributed by atoms with van der Waals surface area (Å²) in [7, 11) is 0. The Morgan fingerprint density at radius 3 is 2.50 bits per heavy atom. The van der Waals surface area contributed by atoms with Gasteiger partial charge in [0.05, 0.1) is 12.6 Å². The smallest absolute Gasteiger partial charge is 0.239 e. The van der Waals surface area contributed by atoms with Crippen LogP contribution in [0, 0.1) is 12.8 Å². The van der Waals surface area contributed by atoms with Gasteiger partial charge >= 0.3 is 0 Å². The molecule has 8 heteroatoms. The molecule has 1 aromatic heterocycles. The molecule has 1 saturated heterocycles. The van der Waals surface area contributed by atoms with E-state index in [0.29, 0.717) is 31.3 Å². The number of nitrogens with zero attached hydrogens (tertiary/aromatic N) is 4. The van der Waals surface area contributed by atoms with Gasteiger partial charge in [0.1, 0.15) is 0 Å². The minimum atomic E-state index is -0.388. The molecule has 2 unspecified atom stereocenters. The molecule has 1 fully saturated rings. The Labute approximate surface area is 137 Å². The van der Waals surface area contributed by atoms with Gasteiger partial charge in [0.25, 0.3) is 0 Å². The van der Waals surface area contributed by atoms with Crippen LogP contribution in [0.4, 0.5) is 0 Å². The number of piperazine rings is 1. The molecule has 126 valence electrons. The van der Waals surface area contributed by atoms with Crippen LogP contribution in [0.3, 0.4) is 0 Å². The first-order valence-corrected chi connectivity index (χ1v) is 7.57. The molecule has 2 atom stereocenters. The first kappa shape index (κ1) is 18.9. The van der Waals surface area contributed by atoms with Gasteiger partial charge in [-0.15, -0.1) is 12.4 Å². The number of carbonyl (C=O) groups is 1. The summed E-state index contributed by atoms with van der Waals surface area (Å²) in [5.41, 5.74) is 6.03. The van der Waals surface area contributed by atoms with Gasteiger partial charge in [-0.1, -0.05) is 25.4 Å². The summed E-state index contributed by atoms with van der Waals surface area (Å²) in [6.07, 6.45) is 0.921. The van der Waals surface area contributed by atoms with Crippen molar-refractivity contribution in [1.29, 1.82) is 0 Å². The topological polar surface area (TPSA) is 88.5 Å². The predicted molar refractivity (Wildman–Crippen MR) is 85.6 cm³/mol. The zero-order valence-electron chi connectivity index (χ0n) is 13.5. The van der Waals surface area contributed by atoms with Crippen LogP contribution in [0.25, 0.3) is 0 Å². The van der Waals surface area contributed by atoms with E-state index >= 15 is 0 Å². The molecule has 0 bridgehead atoms. The van der Waals surface area contributed by atoms with Crippen LogP contribution in [0.15, 0.2) is 4.52 Å². The standard InChI is InChI=1S/C14H25N5O2.ClH/c1-4-10(2)13(15)14(20)19-7-5-18(6-8-19)9-12-16-11(3)21-17-12;/h10,13H,4-9,15H2,1-3H3;1H. The molecule has 0 spiro atoms. The fraction of sp³-hybridized carbons (Fsp3) is 0.786. The highest BCUT2D eigenvalue weighted by Gasteiger charge is 2.28. The number of nitrogens with two attached hydrogens (primary N) is 1. The average molecular weight is 332 g/mol. The summed E-state index contributed by atoms with van der Waals surface area (Å²) in [6, 6.07) is -0.388. The van der Waals surface area contributed by atoms with E-state index in [-0.39, 0.29) is 30.3 Å². The second-order valence-electron chi connectivity index (χ2n) is 5.74. The van der Waals surface area contributed by atoms with E-state index in [2.05, 4.69) is 22.0 Å². The van der Waals surface area contributed by atoms with Crippen molar-refractivity contribution in [3.8, 4) is 0 Å². The summed E-state index contributed by atoms with van der Waals surface area (Å²) in [6.45, 7) is 9.57. The van der Waals surface area contributed by atoms with E-state index < -0.39 is 0 Å². The van der Waals surface area contributed by atoms with E-state index in [4.69, 9.17) is 10.3 Å². The number of hydrogen-bond acceptors (Lipinski definition) is 6. The summed E-state index contributed by atoms with van der Waals surface area (Å²) in [4.78, 5) is 20.6. The zero-order chi connectivity index (χ0) is 15.4. The molecule has 0 aromatic carbocycles.